The highest BCUT2D eigenvalue weighted by molar-refractivity contribution is 6.11. The molecular weight excluding hydrogens is 364 g/mol. The van der Waals surface area contributed by atoms with Gasteiger partial charge in [0.05, 0.1) is 12.2 Å². The normalized spacial score (nSPS) is 13.0. The highest BCUT2D eigenvalue weighted by atomic mass is 16.7. The number of carbonyl (C=O) groups is 1. The smallest absolute Gasteiger partial charge is 0.279 e. The summed E-state index contributed by atoms with van der Waals surface area (Å²) in [5.41, 5.74) is 7.16. The van der Waals surface area contributed by atoms with Crippen molar-refractivity contribution in [3.63, 3.8) is 0 Å². The van der Waals surface area contributed by atoms with Crippen molar-refractivity contribution >= 4 is 28.4 Å². The van der Waals surface area contributed by atoms with Crippen LogP contribution in [0.25, 0.3) is 11.0 Å². The molecule has 154 valence electrons. The fourth-order valence-corrected chi connectivity index (χ4v) is 3.28. The number of fused-ring (bicyclic) bond motifs is 1. The maximum atomic E-state index is 12.9. The van der Waals surface area contributed by atoms with E-state index in [1.54, 1.807) is 6.20 Å². The standard InChI is InChI=1S/C21H24N4O2.C2H6/c1-13-6-9-17(14(2)11-13)23-20-18(21(26)24-27-12-15-7-8-15)16-5-4-10-22-19(16)25(20)3;1-2/h4-6,9-11,15,23H,7-8,12H2,1-3H3,(H,24,26);1-2H3. The summed E-state index contributed by atoms with van der Waals surface area (Å²) in [5, 5.41) is 4.22. The third kappa shape index (κ3) is 4.59. The molecule has 1 aromatic carbocycles. The van der Waals surface area contributed by atoms with Crippen molar-refractivity contribution in [2.24, 2.45) is 13.0 Å². The van der Waals surface area contributed by atoms with Crippen molar-refractivity contribution in [3.8, 4) is 0 Å². The lowest BCUT2D eigenvalue weighted by molar-refractivity contribution is 0.0272. The van der Waals surface area contributed by atoms with Gasteiger partial charge in [0.25, 0.3) is 5.91 Å². The zero-order valence-electron chi connectivity index (χ0n) is 17.9. The van der Waals surface area contributed by atoms with E-state index >= 15 is 0 Å². The molecule has 1 aliphatic carbocycles. The Hall–Kier alpha value is -2.86. The van der Waals surface area contributed by atoms with E-state index in [0.717, 1.165) is 22.3 Å². The Morgan fingerprint density at radius 3 is 2.69 bits per heavy atom. The van der Waals surface area contributed by atoms with Crippen molar-refractivity contribution in [3.05, 3.63) is 53.2 Å². The van der Waals surface area contributed by atoms with E-state index < -0.39 is 0 Å². The van der Waals surface area contributed by atoms with Gasteiger partial charge in [-0.25, -0.2) is 10.5 Å². The Morgan fingerprint density at radius 2 is 2.00 bits per heavy atom. The third-order valence-corrected chi connectivity index (χ3v) is 4.99. The minimum atomic E-state index is -0.262. The van der Waals surface area contributed by atoms with Crippen LogP contribution in [-0.4, -0.2) is 22.1 Å². The summed E-state index contributed by atoms with van der Waals surface area (Å²) in [6.45, 7) is 8.68. The van der Waals surface area contributed by atoms with Crippen LogP contribution in [0, 0.1) is 19.8 Å². The van der Waals surface area contributed by atoms with Gasteiger partial charge in [-0.05, 0) is 56.4 Å². The number of amides is 1. The van der Waals surface area contributed by atoms with Crippen molar-refractivity contribution in [1.82, 2.24) is 15.0 Å². The number of aromatic nitrogens is 2. The van der Waals surface area contributed by atoms with Crippen LogP contribution >= 0.6 is 0 Å². The second-order valence-electron chi connectivity index (χ2n) is 7.29. The molecule has 1 aliphatic rings. The highest BCUT2D eigenvalue weighted by Crippen LogP contribution is 2.32. The first-order valence-corrected chi connectivity index (χ1v) is 10.2. The van der Waals surface area contributed by atoms with E-state index in [-0.39, 0.29) is 5.91 Å². The Balaban J connectivity index is 0.00000117. The van der Waals surface area contributed by atoms with E-state index in [4.69, 9.17) is 4.84 Å². The fraction of sp³-hybridized carbons (Fsp3) is 0.391. The Morgan fingerprint density at radius 1 is 1.24 bits per heavy atom. The van der Waals surface area contributed by atoms with Gasteiger partial charge in [0.15, 0.2) is 0 Å². The van der Waals surface area contributed by atoms with Gasteiger partial charge in [0.1, 0.15) is 11.5 Å². The van der Waals surface area contributed by atoms with Gasteiger partial charge in [0.2, 0.25) is 0 Å². The molecule has 2 N–H and O–H groups in total. The van der Waals surface area contributed by atoms with Crippen molar-refractivity contribution in [1.29, 1.82) is 0 Å². The molecule has 6 nitrogen and oxygen atoms in total. The van der Waals surface area contributed by atoms with Crippen LogP contribution in [0.15, 0.2) is 36.5 Å². The molecule has 0 radical (unpaired) electrons. The number of pyridine rings is 1. The first-order chi connectivity index (χ1) is 14.0. The topological polar surface area (TPSA) is 68.2 Å². The maximum Gasteiger partial charge on any atom is 0.279 e. The molecule has 0 spiro atoms. The number of benzene rings is 1. The highest BCUT2D eigenvalue weighted by Gasteiger charge is 2.25. The number of aryl methyl sites for hydroxylation is 3. The van der Waals surface area contributed by atoms with Gasteiger partial charge >= 0.3 is 0 Å². The summed E-state index contributed by atoms with van der Waals surface area (Å²) in [4.78, 5) is 22.8. The van der Waals surface area contributed by atoms with Crippen LogP contribution in [-0.2, 0) is 11.9 Å². The van der Waals surface area contributed by atoms with Crippen molar-refractivity contribution in [2.45, 2.75) is 40.5 Å². The molecule has 1 amide bonds. The van der Waals surface area contributed by atoms with Crippen LogP contribution < -0.4 is 10.8 Å². The third-order valence-electron chi connectivity index (χ3n) is 4.99. The Bertz CT molecular complexity index is 1010. The Kier molecular flexibility index (Phi) is 6.54. The second kappa shape index (κ2) is 9.09. The molecule has 0 unspecified atom stereocenters. The van der Waals surface area contributed by atoms with Crippen LogP contribution in [0.2, 0.25) is 0 Å². The van der Waals surface area contributed by atoms with E-state index in [2.05, 4.69) is 41.8 Å². The maximum absolute atomic E-state index is 12.9. The minimum Gasteiger partial charge on any atom is -0.341 e. The average molecular weight is 395 g/mol. The lowest BCUT2D eigenvalue weighted by Gasteiger charge is -2.13. The largest absolute Gasteiger partial charge is 0.341 e. The van der Waals surface area contributed by atoms with Crippen LogP contribution in [0.5, 0.6) is 0 Å². The predicted octanol–water partition coefficient (Wildman–Crippen LogP) is 5.03. The molecule has 0 bridgehead atoms. The quantitative estimate of drug-likeness (QED) is 0.575. The van der Waals surface area contributed by atoms with E-state index in [0.29, 0.717) is 23.9 Å². The monoisotopic (exact) mass is 394 g/mol. The fourth-order valence-electron chi connectivity index (χ4n) is 3.28. The summed E-state index contributed by atoms with van der Waals surface area (Å²) < 4.78 is 1.91. The minimum absolute atomic E-state index is 0.262. The number of hydroxylamine groups is 1. The van der Waals surface area contributed by atoms with Crippen molar-refractivity contribution in [2.75, 3.05) is 11.9 Å². The summed E-state index contributed by atoms with van der Waals surface area (Å²) >= 11 is 0. The molecule has 3 aromatic rings. The summed E-state index contributed by atoms with van der Waals surface area (Å²) in [5.74, 6) is 1.01. The van der Waals surface area contributed by atoms with Gasteiger partial charge in [-0.2, -0.15) is 0 Å². The number of anilines is 2. The lowest BCUT2D eigenvalue weighted by Crippen LogP contribution is -2.25. The van der Waals surface area contributed by atoms with E-state index in [1.807, 2.05) is 43.7 Å². The zero-order chi connectivity index (χ0) is 21.0. The summed E-state index contributed by atoms with van der Waals surface area (Å²) in [6.07, 6.45) is 4.08. The molecule has 2 heterocycles. The first-order valence-electron chi connectivity index (χ1n) is 10.2. The molecule has 1 fully saturated rings. The molecule has 0 aliphatic heterocycles. The molecular formula is C23H30N4O2. The van der Waals surface area contributed by atoms with E-state index in [1.165, 1.54) is 18.4 Å². The second-order valence-corrected chi connectivity index (χ2v) is 7.29. The molecule has 4 rings (SSSR count). The Labute approximate surface area is 172 Å². The van der Waals surface area contributed by atoms with Crippen LogP contribution in [0.1, 0.15) is 48.2 Å². The van der Waals surface area contributed by atoms with Gasteiger partial charge in [-0.15, -0.1) is 0 Å². The first kappa shape index (κ1) is 20.9. The van der Waals surface area contributed by atoms with Gasteiger partial charge in [-0.3, -0.25) is 9.63 Å². The number of hydrogen-bond donors (Lipinski definition) is 2. The molecule has 29 heavy (non-hydrogen) atoms. The SMILES string of the molecule is CC.Cc1ccc(Nc2c(C(=O)NOCC3CC3)c3cccnc3n2C)c(C)c1. The number of nitrogens with one attached hydrogen (secondary N) is 2. The number of carbonyl (C=O) groups excluding carboxylic acids is 1. The average Bonchev–Trinajstić information content (AvgIpc) is 3.50. The van der Waals surface area contributed by atoms with Crippen molar-refractivity contribution < 1.29 is 9.63 Å². The van der Waals surface area contributed by atoms with Gasteiger partial charge in [-0.1, -0.05) is 31.5 Å². The molecule has 0 saturated heterocycles. The van der Waals surface area contributed by atoms with Gasteiger partial charge in [0, 0.05) is 24.3 Å². The molecule has 2 aromatic heterocycles. The van der Waals surface area contributed by atoms with Crippen LogP contribution in [0.3, 0.4) is 0 Å². The zero-order valence-corrected chi connectivity index (χ0v) is 17.9. The predicted molar refractivity (Wildman–Crippen MR) is 117 cm³/mol. The van der Waals surface area contributed by atoms with Crippen LogP contribution in [0.4, 0.5) is 11.5 Å². The van der Waals surface area contributed by atoms with Gasteiger partial charge < -0.3 is 9.88 Å². The lowest BCUT2D eigenvalue weighted by atomic mass is 10.1. The molecule has 0 atom stereocenters. The van der Waals surface area contributed by atoms with E-state index in [9.17, 15) is 4.79 Å². The number of hydrogen-bond acceptors (Lipinski definition) is 4. The number of rotatable bonds is 6. The molecule has 1 saturated carbocycles. The molecule has 6 heteroatoms. The number of nitrogens with zero attached hydrogens (tertiary/aromatic N) is 2. The summed E-state index contributed by atoms with van der Waals surface area (Å²) in [6, 6.07) is 9.94. The summed E-state index contributed by atoms with van der Waals surface area (Å²) in [7, 11) is 1.91.